The van der Waals surface area contributed by atoms with Crippen LogP contribution in [0, 0.1) is 0 Å². The predicted octanol–water partition coefficient (Wildman–Crippen LogP) is 10.6. The van der Waals surface area contributed by atoms with Crippen molar-refractivity contribution < 1.29 is 0 Å². The summed E-state index contributed by atoms with van der Waals surface area (Å²) in [6.07, 6.45) is 0. The molecule has 0 spiro atoms. The summed E-state index contributed by atoms with van der Waals surface area (Å²) in [5, 5.41) is 4.74. The first kappa shape index (κ1) is 24.1. The maximum atomic E-state index is 5.21. The molecule has 1 aliphatic rings. The van der Waals surface area contributed by atoms with Crippen LogP contribution >= 0.6 is 0 Å². The third-order valence-electron chi connectivity index (χ3n) is 9.32. The molecule has 0 unspecified atom stereocenters. The van der Waals surface area contributed by atoms with Crippen LogP contribution in [-0.4, -0.2) is 4.98 Å². The van der Waals surface area contributed by atoms with Crippen LogP contribution in [0.15, 0.2) is 164 Å². The Balaban J connectivity index is 1.40. The lowest BCUT2D eigenvalue weighted by molar-refractivity contribution is 0.769. The highest BCUT2D eigenvalue weighted by Gasteiger charge is 2.45. The van der Waals surface area contributed by atoms with Gasteiger partial charge in [-0.2, -0.15) is 0 Å². The second-order valence-corrected chi connectivity index (χ2v) is 11.5. The van der Waals surface area contributed by atoms with Gasteiger partial charge >= 0.3 is 0 Å². The number of hydrogen-bond acceptors (Lipinski definition) is 1. The molecule has 0 atom stereocenters. The second kappa shape index (κ2) is 9.24. The molecule has 43 heavy (non-hydrogen) atoms. The summed E-state index contributed by atoms with van der Waals surface area (Å²) in [7, 11) is 0. The van der Waals surface area contributed by atoms with Gasteiger partial charge in [-0.25, -0.2) is 4.98 Å². The highest BCUT2D eigenvalue weighted by atomic mass is 14.7. The van der Waals surface area contributed by atoms with E-state index in [-0.39, 0.29) is 0 Å². The molecule has 0 aliphatic heterocycles. The average Bonchev–Trinajstić information content (AvgIpc) is 3.39. The van der Waals surface area contributed by atoms with Crippen molar-refractivity contribution in [3.05, 3.63) is 186 Å². The van der Waals surface area contributed by atoms with Crippen LogP contribution in [0.25, 0.3) is 54.8 Å². The summed E-state index contributed by atoms with van der Waals surface area (Å²) < 4.78 is 0. The van der Waals surface area contributed by atoms with Crippen molar-refractivity contribution in [2.45, 2.75) is 5.41 Å². The van der Waals surface area contributed by atoms with Gasteiger partial charge in [0.25, 0.3) is 0 Å². The third-order valence-corrected chi connectivity index (χ3v) is 9.32. The normalized spacial score (nSPS) is 13.3. The Hall–Kier alpha value is -5.53. The van der Waals surface area contributed by atoms with E-state index in [1.807, 2.05) is 0 Å². The number of hydrogen-bond donors (Lipinski definition) is 0. The van der Waals surface area contributed by atoms with Crippen LogP contribution in [0.1, 0.15) is 22.3 Å². The lowest BCUT2D eigenvalue weighted by Gasteiger charge is -2.34. The standard InChI is InChI=1S/C42H27N/c1-2-15-30(16-3-1)42(37-22-9-6-19-33(37)34-20-7-10-23-38(34)42)31-17-12-14-29(27-31)40-35-21-8-11-24-39(35)43-41-32-18-5-4-13-28(32)25-26-36(40)41/h1-27H. The zero-order valence-electron chi connectivity index (χ0n) is 23.5. The monoisotopic (exact) mass is 545 g/mol. The number of benzene rings is 7. The van der Waals surface area contributed by atoms with Crippen LogP contribution in [0.5, 0.6) is 0 Å². The molecule has 7 aromatic carbocycles. The quantitative estimate of drug-likeness (QED) is 0.159. The maximum absolute atomic E-state index is 5.21. The highest BCUT2D eigenvalue weighted by Crippen LogP contribution is 2.56. The van der Waals surface area contributed by atoms with Gasteiger partial charge in [0.15, 0.2) is 0 Å². The van der Waals surface area contributed by atoms with Crippen molar-refractivity contribution in [2.24, 2.45) is 0 Å². The minimum atomic E-state index is -0.435. The van der Waals surface area contributed by atoms with Crippen LogP contribution in [0.4, 0.5) is 0 Å². The Labute approximate surface area is 250 Å². The SMILES string of the molecule is c1ccc(C2(c3cccc(-c4c5ccccc5nc5c4ccc4ccccc45)c3)c3ccccc3-c3ccccc32)cc1. The largest absolute Gasteiger partial charge is 0.247 e. The number of fused-ring (bicyclic) bond motifs is 7. The molecule has 1 nitrogen and oxygen atoms in total. The fraction of sp³-hybridized carbons (Fsp3) is 0.0238. The molecule has 1 heteroatoms. The number of aromatic nitrogens is 1. The first-order chi connectivity index (χ1) is 21.3. The van der Waals surface area contributed by atoms with E-state index in [1.165, 1.54) is 66.1 Å². The Bertz CT molecular complexity index is 2300. The summed E-state index contributed by atoms with van der Waals surface area (Å²) in [5.74, 6) is 0. The Morgan fingerprint density at radius 2 is 1.05 bits per heavy atom. The minimum absolute atomic E-state index is 0.435. The fourth-order valence-electron chi connectivity index (χ4n) is 7.56. The first-order valence-electron chi connectivity index (χ1n) is 14.9. The van der Waals surface area contributed by atoms with Crippen LogP contribution in [0.3, 0.4) is 0 Å². The van der Waals surface area contributed by atoms with Crippen LogP contribution in [-0.2, 0) is 5.41 Å². The number of rotatable bonds is 3. The van der Waals surface area contributed by atoms with Gasteiger partial charge in [-0.1, -0.05) is 152 Å². The number of para-hydroxylation sites is 1. The minimum Gasteiger partial charge on any atom is -0.247 e. The summed E-state index contributed by atoms with van der Waals surface area (Å²) in [5.41, 5.74) is 11.9. The first-order valence-corrected chi connectivity index (χ1v) is 14.9. The highest BCUT2D eigenvalue weighted by molar-refractivity contribution is 6.17. The van der Waals surface area contributed by atoms with E-state index in [0.717, 1.165) is 11.0 Å². The van der Waals surface area contributed by atoms with Crippen LogP contribution < -0.4 is 0 Å². The van der Waals surface area contributed by atoms with E-state index >= 15 is 0 Å². The molecule has 0 bridgehead atoms. The molecule has 1 aromatic heterocycles. The predicted molar refractivity (Wildman–Crippen MR) is 179 cm³/mol. The van der Waals surface area contributed by atoms with Gasteiger partial charge in [0.1, 0.15) is 0 Å². The van der Waals surface area contributed by atoms with Crippen molar-refractivity contribution in [1.82, 2.24) is 4.98 Å². The molecule has 0 amide bonds. The van der Waals surface area contributed by atoms with E-state index in [4.69, 9.17) is 4.98 Å². The average molecular weight is 546 g/mol. The van der Waals surface area contributed by atoms with Gasteiger partial charge in [0.05, 0.1) is 16.4 Å². The summed E-state index contributed by atoms with van der Waals surface area (Å²) in [4.78, 5) is 5.21. The van der Waals surface area contributed by atoms with Crippen molar-refractivity contribution in [2.75, 3.05) is 0 Å². The molecule has 0 saturated carbocycles. The van der Waals surface area contributed by atoms with Gasteiger partial charge in [0, 0.05) is 21.7 Å². The Morgan fingerprint density at radius 1 is 0.419 bits per heavy atom. The van der Waals surface area contributed by atoms with E-state index in [9.17, 15) is 0 Å². The third kappa shape index (κ3) is 3.37. The Kier molecular flexibility index (Phi) is 5.18. The molecular formula is C42H27N. The molecule has 0 N–H and O–H groups in total. The molecule has 1 aliphatic carbocycles. The lowest BCUT2D eigenvalue weighted by atomic mass is 9.67. The van der Waals surface area contributed by atoms with Crippen molar-refractivity contribution in [3.63, 3.8) is 0 Å². The summed E-state index contributed by atoms with van der Waals surface area (Å²) in [6.45, 7) is 0. The molecule has 0 fully saturated rings. The van der Waals surface area contributed by atoms with E-state index in [1.54, 1.807) is 0 Å². The second-order valence-electron chi connectivity index (χ2n) is 11.5. The van der Waals surface area contributed by atoms with Gasteiger partial charge in [0.2, 0.25) is 0 Å². The molecular weight excluding hydrogens is 518 g/mol. The van der Waals surface area contributed by atoms with Gasteiger partial charge < -0.3 is 0 Å². The van der Waals surface area contributed by atoms with E-state index in [0.29, 0.717) is 0 Å². The molecule has 0 radical (unpaired) electrons. The van der Waals surface area contributed by atoms with Crippen LogP contribution in [0.2, 0.25) is 0 Å². The lowest BCUT2D eigenvalue weighted by Crippen LogP contribution is -2.28. The number of pyridine rings is 1. The van der Waals surface area contributed by atoms with Crippen molar-refractivity contribution >= 4 is 32.6 Å². The summed E-state index contributed by atoms with van der Waals surface area (Å²) in [6, 6.07) is 59.8. The zero-order valence-corrected chi connectivity index (χ0v) is 23.5. The van der Waals surface area contributed by atoms with E-state index in [2.05, 4.69) is 164 Å². The smallest absolute Gasteiger partial charge is 0.0794 e. The molecule has 200 valence electrons. The molecule has 1 heterocycles. The van der Waals surface area contributed by atoms with Crippen molar-refractivity contribution in [1.29, 1.82) is 0 Å². The topological polar surface area (TPSA) is 12.9 Å². The Morgan fingerprint density at radius 3 is 1.84 bits per heavy atom. The zero-order chi connectivity index (χ0) is 28.4. The maximum Gasteiger partial charge on any atom is 0.0794 e. The molecule has 0 saturated heterocycles. The fourth-order valence-corrected chi connectivity index (χ4v) is 7.56. The van der Waals surface area contributed by atoms with Gasteiger partial charge in [-0.05, 0) is 56.5 Å². The van der Waals surface area contributed by atoms with Crippen molar-refractivity contribution in [3.8, 4) is 22.3 Å². The summed E-state index contributed by atoms with van der Waals surface area (Å²) >= 11 is 0. The van der Waals surface area contributed by atoms with Gasteiger partial charge in [-0.15, -0.1) is 0 Å². The van der Waals surface area contributed by atoms with E-state index < -0.39 is 5.41 Å². The molecule has 8 aromatic rings. The molecule has 9 rings (SSSR count). The van der Waals surface area contributed by atoms with Gasteiger partial charge in [-0.3, -0.25) is 0 Å². The number of nitrogens with zero attached hydrogens (tertiary/aromatic N) is 1.